The van der Waals surface area contributed by atoms with Gasteiger partial charge in [0.2, 0.25) is 5.91 Å². The highest BCUT2D eigenvalue weighted by molar-refractivity contribution is 5.99. The summed E-state index contributed by atoms with van der Waals surface area (Å²) in [5.74, 6) is -2.48. The summed E-state index contributed by atoms with van der Waals surface area (Å²) in [4.78, 5) is 53.4. The van der Waals surface area contributed by atoms with Gasteiger partial charge in [0, 0.05) is 0 Å². The third kappa shape index (κ3) is 11.3. The number of benzene rings is 2. The molecule has 0 saturated heterocycles. The van der Waals surface area contributed by atoms with Crippen molar-refractivity contribution in [2.45, 2.75) is 90.8 Å². The Morgan fingerprint density at radius 3 is 1.73 bits per heavy atom. The first-order valence-electron chi connectivity index (χ1n) is 13.8. The molecule has 0 fully saturated rings. The maximum atomic E-state index is 13.5. The van der Waals surface area contributed by atoms with E-state index in [1.807, 2.05) is 36.4 Å². The number of esters is 2. The van der Waals surface area contributed by atoms with Gasteiger partial charge in [0.15, 0.2) is 0 Å². The number of carbonyl (C=O) groups is 4. The van der Waals surface area contributed by atoms with Gasteiger partial charge in [-0.05, 0) is 57.1 Å². The molecule has 0 aromatic heterocycles. The van der Waals surface area contributed by atoms with Gasteiger partial charge in [0.05, 0.1) is 6.04 Å². The first-order chi connectivity index (χ1) is 19.3. The van der Waals surface area contributed by atoms with Crippen molar-refractivity contribution in [2.24, 2.45) is 17.4 Å². The van der Waals surface area contributed by atoms with Crippen molar-refractivity contribution in [1.82, 2.24) is 4.90 Å². The number of nitrogens with two attached hydrogens (primary N) is 2. The lowest BCUT2D eigenvalue weighted by Crippen LogP contribution is -2.56. The van der Waals surface area contributed by atoms with Gasteiger partial charge in [0.1, 0.15) is 30.9 Å². The van der Waals surface area contributed by atoms with Gasteiger partial charge in [-0.15, -0.1) is 0 Å². The molecular formula is C31H43N3O7. The number of imide groups is 1. The fourth-order valence-electron chi connectivity index (χ4n) is 3.79. The molecule has 2 aromatic carbocycles. The van der Waals surface area contributed by atoms with Crippen LogP contribution in [0.15, 0.2) is 60.7 Å². The molecule has 3 atom stereocenters. The van der Waals surface area contributed by atoms with Crippen molar-refractivity contribution in [3.8, 4) is 0 Å². The van der Waals surface area contributed by atoms with Gasteiger partial charge in [0.25, 0.3) is 0 Å². The van der Waals surface area contributed by atoms with Gasteiger partial charge in [-0.25, -0.2) is 14.5 Å². The summed E-state index contributed by atoms with van der Waals surface area (Å²) >= 11 is 0. The molecule has 0 aliphatic carbocycles. The van der Waals surface area contributed by atoms with E-state index in [1.54, 1.807) is 58.9 Å². The molecule has 2 amide bonds. The van der Waals surface area contributed by atoms with Gasteiger partial charge >= 0.3 is 18.0 Å². The Morgan fingerprint density at radius 2 is 1.27 bits per heavy atom. The maximum absolute atomic E-state index is 13.5. The Morgan fingerprint density at radius 1 is 0.780 bits per heavy atom. The predicted octanol–water partition coefficient (Wildman–Crippen LogP) is 4.09. The zero-order valence-electron chi connectivity index (χ0n) is 24.6. The second-order valence-electron chi connectivity index (χ2n) is 11.2. The van der Waals surface area contributed by atoms with Crippen LogP contribution in [0.2, 0.25) is 0 Å². The zero-order valence-corrected chi connectivity index (χ0v) is 24.6. The minimum absolute atomic E-state index is 0.0247. The summed E-state index contributed by atoms with van der Waals surface area (Å²) < 4.78 is 16.3. The van der Waals surface area contributed by atoms with E-state index in [-0.39, 0.29) is 38.4 Å². The third-order valence-electron chi connectivity index (χ3n) is 6.16. The highest BCUT2D eigenvalue weighted by Crippen LogP contribution is 2.20. The van der Waals surface area contributed by atoms with Gasteiger partial charge < -0.3 is 25.7 Å². The van der Waals surface area contributed by atoms with Crippen LogP contribution >= 0.6 is 0 Å². The summed E-state index contributed by atoms with van der Waals surface area (Å²) in [5, 5.41) is 0. The number of rotatable bonds is 13. The van der Waals surface area contributed by atoms with Crippen LogP contribution in [0.3, 0.4) is 0 Å². The van der Waals surface area contributed by atoms with Gasteiger partial charge in [-0.3, -0.25) is 9.59 Å². The third-order valence-corrected chi connectivity index (χ3v) is 6.16. The molecular weight excluding hydrogens is 526 g/mol. The Bertz CT molecular complexity index is 1130. The van der Waals surface area contributed by atoms with Crippen LogP contribution in [-0.4, -0.2) is 52.6 Å². The molecule has 2 aromatic rings. The van der Waals surface area contributed by atoms with E-state index in [1.165, 1.54) is 0 Å². The molecule has 0 bridgehead atoms. The molecule has 2 rings (SSSR count). The number of carbonyl (C=O) groups excluding carboxylic acids is 4. The quantitative estimate of drug-likeness (QED) is 0.268. The predicted molar refractivity (Wildman–Crippen MR) is 154 cm³/mol. The number of amides is 2. The van der Waals surface area contributed by atoms with Crippen LogP contribution in [0.5, 0.6) is 0 Å². The average molecular weight is 570 g/mol. The summed E-state index contributed by atoms with van der Waals surface area (Å²) in [6.45, 7) is 8.44. The van der Waals surface area contributed by atoms with Gasteiger partial charge in [-0.2, -0.15) is 0 Å². The number of hydrogen-bond donors (Lipinski definition) is 2. The SMILES string of the molecule is CC(C)[C@H](N)C(=O)N(C(=O)OC(C)(C)C)[C@@H](CCCC(N)C(=O)OCc1ccccc1)C(=O)OCc1ccccc1. The average Bonchev–Trinajstić information content (AvgIpc) is 2.93. The Balaban J connectivity index is 2.21. The largest absolute Gasteiger partial charge is 0.460 e. The van der Waals surface area contributed by atoms with Crippen LogP contribution < -0.4 is 11.5 Å². The molecule has 224 valence electrons. The Kier molecular flexibility index (Phi) is 13.0. The van der Waals surface area contributed by atoms with Crippen LogP contribution in [0.1, 0.15) is 65.0 Å². The van der Waals surface area contributed by atoms with Crippen molar-refractivity contribution in [3.63, 3.8) is 0 Å². The molecule has 10 heteroatoms. The summed E-state index contributed by atoms with van der Waals surface area (Å²) in [5.41, 5.74) is 12.8. The highest BCUT2D eigenvalue weighted by atomic mass is 16.6. The van der Waals surface area contributed by atoms with E-state index in [0.29, 0.717) is 0 Å². The van der Waals surface area contributed by atoms with E-state index >= 15 is 0 Å². The fraction of sp³-hybridized carbons (Fsp3) is 0.484. The summed E-state index contributed by atoms with van der Waals surface area (Å²) in [6, 6.07) is 14.8. The minimum atomic E-state index is -1.35. The molecule has 0 aliphatic heterocycles. The molecule has 0 saturated carbocycles. The normalized spacial score (nSPS) is 13.6. The summed E-state index contributed by atoms with van der Waals surface area (Å²) in [6.07, 6.45) is -0.686. The van der Waals surface area contributed by atoms with Crippen LogP contribution in [0.4, 0.5) is 4.79 Å². The second-order valence-corrected chi connectivity index (χ2v) is 11.2. The topological polar surface area (TPSA) is 151 Å². The molecule has 4 N–H and O–H groups in total. The van der Waals surface area contributed by atoms with E-state index in [0.717, 1.165) is 16.0 Å². The lowest BCUT2D eigenvalue weighted by molar-refractivity contribution is -0.156. The highest BCUT2D eigenvalue weighted by Gasteiger charge is 2.41. The molecule has 0 spiro atoms. The Labute approximate surface area is 242 Å². The number of hydrogen-bond acceptors (Lipinski definition) is 9. The number of ether oxygens (including phenoxy) is 3. The molecule has 1 unspecified atom stereocenters. The van der Waals surface area contributed by atoms with Crippen molar-refractivity contribution in [2.75, 3.05) is 0 Å². The van der Waals surface area contributed by atoms with E-state index in [4.69, 9.17) is 25.7 Å². The Hall–Kier alpha value is -3.76. The number of nitrogens with zero attached hydrogens (tertiary/aromatic N) is 1. The summed E-state index contributed by atoms with van der Waals surface area (Å²) in [7, 11) is 0. The molecule has 0 aliphatic rings. The van der Waals surface area contributed by atoms with Crippen molar-refractivity contribution in [3.05, 3.63) is 71.8 Å². The van der Waals surface area contributed by atoms with Crippen molar-refractivity contribution < 1.29 is 33.4 Å². The monoisotopic (exact) mass is 569 g/mol. The fourth-order valence-corrected chi connectivity index (χ4v) is 3.79. The molecule has 0 radical (unpaired) electrons. The van der Waals surface area contributed by atoms with Crippen molar-refractivity contribution >= 4 is 23.9 Å². The first-order valence-corrected chi connectivity index (χ1v) is 13.8. The van der Waals surface area contributed by atoms with E-state index in [9.17, 15) is 19.2 Å². The van der Waals surface area contributed by atoms with Gasteiger partial charge in [-0.1, -0.05) is 74.5 Å². The standard InChI is InChI=1S/C31H43N3O7/c1-21(2)26(33)27(35)34(30(38)41-31(3,4)5)25(29(37)40-20-23-15-10-7-11-16-23)18-12-17-24(32)28(36)39-19-22-13-8-6-9-14-22/h6-11,13-16,21,24-26H,12,17-20,32-33H2,1-5H3/t24?,25-,26-/m0/s1. The van der Waals surface area contributed by atoms with Crippen LogP contribution in [-0.2, 0) is 41.8 Å². The van der Waals surface area contributed by atoms with Crippen LogP contribution in [0.25, 0.3) is 0 Å². The minimum Gasteiger partial charge on any atom is -0.460 e. The lowest BCUT2D eigenvalue weighted by atomic mass is 10.0. The molecule has 0 heterocycles. The van der Waals surface area contributed by atoms with E-state index < -0.39 is 47.7 Å². The molecule has 41 heavy (non-hydrogen) atoms. The van der Waals surface area contributed by atoms with E-state index in [2.05, 4.69) is 0 Å². The lowest BCUT2D eigenvalue weighted by Gasteiger charge is -2.33. The van der Waals surface area contributed by atoms with Crippen molar-refractivity contribution in [1.29, 1.82) is 0 Å². The molecule has 10 nitrogen and oxygen atoms in total. The zero-order chi connectivity index (χ0) is 30.6. The first kappa shape index (κ1) is 33.4. The van der Waals surface area contributed by atoms with Crippen LogP contribution in [0, 0.1) is 5.92 Å². The second kappa shape index (κ2) is 15.9. The maximum Gasteiger partial charge on any atom is 0.417 e. The smallest absolute Gasteiger partial charge is 0.417 e.